The Morgan fingerprint density at radius 2 is 1.81 bits per heavy atom. The zero-order valence-corrected chi connectivity index (χ0v) is 19.1. The second-order valence-corrected chi connectivity index (χ2v) is 9.14. The summed E-state index contributed by atoms with van der Waals surface area (Å²) in [4.78, 5) is 44.6. The fourth-order valence-corrected chi connectivity index (χ4v) is 4.77. The Bertz CT molecular complexity index is 1150. The Morgan fingerprint density at radius 1 is 1.09 bits per heavy atom. The Morgan fingerprint density at radius 3 is 2.50 bits per heavy atom. The first-order valence-electron chi connectivity index (χ1n) is 10.4. The zero-order valence-electron chi connectivity index (χ0n) is 17.5. The van der Waals surface area contributed by atoms with Crippen molar-refractivity contribution in [2.45, 2.75) is 19.8 Å². The summed E-state index contributed by atoms with van der Waals surface area (Å²) in [6, 6.07) is 16.2. The number of ketones is 1. The topological polar surface area (TPSA) is 79.4 Å². The van der Waals surface area contributed by atoms with Crippen LogP contribution in [0, 0.1) is 5.92 Å². The first-order chi connectivity index (χ1) is 15.4. The highest BCUT2D eigenvalue weighted by molar-refractivity contribution is 7.18. The van der Waals surface area contributed by atoms with E-state index >= 15 is 0 Å². The van der Waals surface area contributed by atoms with Gasteiger partial charge in [-0.05, 0) is 37.1 Å². The molecule has 1 unspecified atom stereocenters. The molecule has 2 amide bonds. The van der Waals surface area contributed by atoms with Gasteiger partial charge in [0.05, 0.1) is 16.5 Å². The molecule has 1 aromatic heterocycles. The average Bonchev–Trinajstić information content (AvgIpc) is 3.24. The van der Waals surface area contributed by atoms with Crippen LogP contribution in [0.4, 0.5) is 5.13 Å². The SMILES string of the molecule is CC(=O)c1sc(NC(=O)C2CCCN(C(=O)c3ccc(Cl)cc3)C2)nc1-c1ccccc1. The van der Waals surface area contributed by atoms with Gasteiger partial charge in [-0.3, -0.25) is 14.4 Å². The summed E-state index contributed by atoms with van der Waals surface area (Å²) in [6.45, 7) is 2.44. The molecule has 6 nitrogen and oxygen atoms in total. The molecule has 0 saturated carbocycles. The maximum atomic E-state index is 13.0. The van der Waals surface area contributed by atoms with Crippen molar-refractivity contribution in [3.05, 3.63) is 70.1 Å². The Labute approximate surface area is 195 Å². The van der Waals surface area contributed by atoms with Gasteiger partial charge in [0, 0.05) is 36.2 Å². The fourth-order valence-electron chi connectivity index (χ4n) is 3.76. The van der Waals surface area contributed by atoms with Crippen LogP contribution in [-0.2, 0) is 4.79 Å². The number of likely N-dealkylation sites (tertiary alicyclic amines) is 1. The van der Waals surface area contributed by atoms with Crippen molar-refractivity contribution in [3.8, 4) is 11.3 Å². The number of benzene rings is 2. The molecule has 32 heavy (non-hydrogen) atoms. The second kappa shape index (κ2) is 9.63. The minimum absolute atomic E-state index is 0.0979. The summed E-state index contributed by atoms with van der Waals surface area (Å²) in [5.41, 5.74) is 1.95. The minimum atomic E-state index is -0.343. The van der Waals surface area contributed by atoms with Crippen LogP contribution in [0.2, 0.25) is 5.02 Å². The van der Waals surface area contributed by atoms with E-state index < -0.39 is 0 Å². The van der Waals surface area contributed by atoms with Gasteiger partial charge in [-0.2, -0.15) is 0 Å². The van der Waals surface area contributed by atoms with Crippen molar-refractivity contribution in [1.82, 2.24) is 9.88 Å². The van der Waals surface area contributed by atoms with Crippen molar-refractivity contribution < 1.29 is 14.4 Å². The van der Waals surface area contributed by atoms with Crippen LogP contribution in [-0.4, -0.2) is 40.6 Å². The highest BCUT2D eigenvalue weighted by Crippen LogP contribution is 2.32. The van der Waals surface area contributed by atoms with Crippen LogP contribution in [0.1, 0.15) is 39.8 Å². The van der Waals surface area contributed by atoms with Crippen LogP contribution >= 0.6 is 22.9 Å². The predicted molar refractivity (Wildman–Crippen MR) is 126 cm³/mol. The highest BCUT2D eigenvalue weighted by Gasteiger charge is 2.30. The van der Waals surface area contributed by atoms with Crippen molar-refractivity contribution in [2.24, 2.45) is 5.92 Å². The largest absolute Gasteiger partial charge is 0.338 e. The number of amides is 2. The van der Waals surface area contributed by atoms with E-state index in [9.17, 15) is 14.4 Å². The van der Waals surface area contributed by atoms with Gasteiger partial charge in [0.15, 0.2) is 10.9 Å². The Balaban J connectivity index is 1.47. The molecular weight excluding hydrogens is 446 g/mol. The Kier molecular flexibility index (Phi) is 6.67. The first kappa shape index (κ1) is 22.2. The van der Waals surface area contributed by atoms with E-state index in [-0.39, 0.29) is 23.5 Å². The molecule has 1 fully saturated rings. The van der Waals surface area contributed by atoms with E-state index in [0.717, 1.165) is 12.0 Å². The van der Waals surface area contributed by atoms with E-state index in [1.54, 1.807) is 29.2 Å². The van der Waals surface area contributed by atoms with E-state index in [4.69, 9.17) is 11.6 Å². The maximum Gasteiger partial charge on any atom is 0.253 e. The van der Waals surface area contributed by atoms with Gasteiger partial charge >= 0.3 is 0 Å². The second-order valence-electron chi connectivity index (χ2n) is 7.71. The molecule has 1 N–H and O–H groups in total. The lowest BCUT2D eigenvalue weighted by Gasteiger charge is -2.32. The minimum Gasteiger partial charge on any atom is -0.338 e. The van der Waals surface area contributed by atoms with Crippen molar-refractivity contribution >= 4 is 45.7 Å². The number of thiazole rings is 1. The van der Waals surface area contributed by atoms with Crippen molar-refractivity contribution in [1.29, 1.82) is 0 Å². The highest BCUT2D eigenvalue weighted by atomic mass is 35.5. The number of nitrogens with zero attached hydrogens (tertiary/aromatic N) is 2. The molecule has 0 spiro atoms. The third kappa shape index (κ3) is 4.89. The number of halogens is 1. The van der Waals surface area contributed by atoms with Gasteiger partial charge in [0.1, 0.15) is 0 Å². The van der Waals surface area contributed by atoms with Crippen molar-refractivity contribution in [2.75, 3.05) is 18.4 Å². The number of anilines is 1. The molecule has 3 aromatic rings. The molecule has 0 aliphatic carbocycles. The summed E-state index contributed by atoms with van der Waals surface area (Å²) in [7, 11) is 0. The van der Waals surface area contributed by atoms with Gasteiger partial charge in [-0.25, -0.2) is 4.98 Å². The van der Waals surface area contributed by atoms with Gasteiger partial charge < -0.3 is 10.2 Å². The summed E-state index contributed by atoms with van der Waals surface area (Å²) in [5, 5.41) is 3.82. The molecule has 2 heterocycles. The number of rotatable bonds is 5. The molecule has 0 radical (unpaired) electrons. The smallest absolute Gasteiger partial charge is 0.253 e. The molecule has 0 bridgehead atoms. The number of nitrogens with one attached hydrogen (secondary N) is 1. The molecule has 2 aromatic carbocycles. The number of hydrogen-bond donors (Lipinski definition) is 1. The Hall–Kier alpha value is -3.03. The lowest BCUT2D eigenvalue weighted by Crippen LogP contribution is -2.43. The molecule has 1 aliphatic rings. The van der Waals surface area contributed by atoms with Crippen LogP contribution in [0.3, 0.4) is 0 Å². The van der Waals surface area contributed by atoms with E-state index in [2.05, 4.69) is 10.3 Å². The monoisotopic (exact) mass is 467 g/mol. The third-order valence-electron chi connectivity index (χ3n) is 5.39. The first-order valence-corrected chi connectivity index (χ1v) is 11.5. The molecular formula is C24H22ClN3O3S. The summed E-state index contributed by atoms with van der Waals surface area (Å²) in [6.07, 6.45) is 1.43. The van der Waals surface area contributed by atoms with E-state index in [0.29, 0.717) is 45.8 Å². The summed E-state index contributed by atoms with van der Waals surface area (Å²) in [5.74, 6) is -0.746. The normalized spacial score (nSPS) is 15.9. The van der Waals surface area contributed by atoms with Crippen LogP contribution in [0.15, 0.2) is 54.6 Å². The van der Waals surface area contributed by atoms with Crippen molar-refractivity contribution in [3.63, 3.8) is 0 Å². The molecule has 164 valence electrons. The molecule has 8 heteroatoms. The molecule has 1 atom stereocenters. The lowest BCUT2D eigenvalue weighted by atomic mass is 9.96. The predicted octanol–water partition coefficient (Wildman–Crippen LogP) is 5.16. The summed E-state index contributed by atoms with van der Waals surface area (Å²) >= 11 is 7.09. The average molecular weight is 468 g/mol. The lowest BCUT2D eigenvalue weighted by molar-refractivity contribution is -0.121. The summed E-state index contributed by atoms with van der Waals surface area (Å²) < 4.78 is 0. The van der Waals surface area contributed by atoms with Crippen LogP contribution in [0.5, 0.6) is 0 Å². The molecule has 1 saturated heterocycles. The maximum absolute atomic E-state index is 13.0. The van der Waals surface area contributed by atoms with Crippen LogP contribution < -0.4 is 5.32 Å². The van der Waals surface area contributed by atoms with Gasteiger partial charge in [0.2, 0.25) is 5.91 Å². The molecule has 1 aliphatic heterocycles. The van der Waals surface area contributed by atoms with Gasteiger partial charge in [-0.1, -0.05) is 53.3 Å². The quantitative estimate of drug-likeness (QED) is 0.526. The number of carbonyl (C=O) groups excluding carboxylic acids is 3. The van der Waals surface area contributed by atoms with E-state index in [1.807, 2.05) is 30.3 Å². The van der Waals surface area contributed by atoms with Crippen LogP contribution in [0.25, 0.3) is 11.3 Å². The number of hydrogen-bond acceptors (Lipinski definition) is 5. The van der Waals surface area contributed by atoms with Gasteiger partial charge in [0.25, 0.3) is 5.91 Å². The number of aromatic nitrogens is 1. The number of piperidine rings is 1. The molecule has 4 rings (SSSR count). The van der Waals surface area contributed by atoms with Gasteiger partial charge in [-0.15, -0.1) is 0 Å². The van der Waals surface area contributed by atoms with E-state index in [1.165, 1.54) is 18.3 Å². The standard InChI is InChI=1S/C24H22ClN3O3S/c1-15(29)21-20(16-6-3-2-4-7-16)26-24(32-21)27-22(30)18-8-5-13-28(14-18)23(31)17-9-11-19(25)12-10-17/h2-4,6-7,9-12,18H,5,8,13-14H2,1H3,(H,26,27,30). The number of carbonyl (C=O) groups is 3. The number of Topliss-reactive ketones (excluding diaryl/α,β-unsaturated/α-hetero) is 1. The zero-order chi connectivity index (χ0) is 22.7. The fraction of sp³-hybridized carbons (Fsp3) is 0.250. The third-order valence-corrected chi connectivity index (χ3v) is 6.72.